The van der Waals surface area contributed by atoms with Crippen LogP contribution in [0.25, 0.3) is 0 Å². The van der Waals surface area contributed by atoms with Crippen molar-refractivity contribution in [2.24, 2.45) is 0 Å². The zero-order valence-electron chi connectivity index (χ0n) is 11.3. The number of rotatable bonds is 4. The molecule has 0 unspecified atom stereocenters. The van der Waals surface area contributed by atoms with Crippen molar-refractivity contribution in [2.45, 2.75) is 12.8 Å². The largest absolute Gasteiger partial charge is 0.478 e. The number of benzene rings is 1. The van der Waals surface area contributed by atoms with Crippen molar-refractivity contribution in [1.82, 2.24) is 4.90 Å². The van der Waals surface area contributed by atoms with Crippen LogP contribution in [-0.2, 0) is 4.79 Å². The highest BCUT2D eigenvalue weighted by Gasteiger charge is 2.21. The lowest BCUT2D eigenvalue weighted by Gasteiger charge is -2.24. The summed E-state index contributed by atoms with van der Waals surface area (Å²) >= 11 is 3.26. The maximum atomic E-state index is 12.1. The summed E-state index contributed by atoms with van der Waals surface area (Å²) in [6.45, 7) is 1.81. The topological polar surface area (TPSA) is 60.9 Å². The van der Waals surface area contributed by atoms with E-state index in [1.807, 2.05) is 4.90 Å². The summed E-state index contributed by atoms with van der Waals surface area (Å²) in [5.74, 6) is -0.953. The fraction of sp³-hybridized carbons (Fsp3) is 0.429. The molecule has 2 rings (SSSR count). The van der Waals surface area contributed by atoms with Crippen molar-refractivity contribution in [3.8, 4) is 0 Å². The van der Waals surface area contributed by atoms with Crippen LogP contribution in [0.15, 0.2) is 22.7 Å². The first-order valence-electron chi connectivity index (χ1n) is 6.51. The maximum absolute atomic E-state index is 12.1. The van der Waals surface area contributed by atoms with Gasteiger partial charge in [0.1, 0.15) is 0 Å². The van der Waals surface area contributed by atoms with Crippen LogP contribution in [0.2, 0.25) is 0 Å². The van der Waals surface area contributed by atoms with E-state index in [2.05, 4.69) is 15.9 Å². The highest BCUT2D eigenvalue weighted by atomic mass is 79.9. The Balaban J connectivity index is 2.14. The zero-order valence-corrected chi connectivity index (χ0v) is 12.9. The number of likely N-dealkylation sites (N-methyl/N-ethyl adjacent to an activating group) is 1. The molecule has 0 spiro atoms. The maximum Gasteiger partial charge on any atom is 0.337 e. The summed E-state index contributed by atoms with van der Waals surface area (Å²) in [5.41, 5.74) is 0.740. The van der Waals surface area contributed by atoms with Crippen molar-refractivity contribution in [3.05, 3.63) is 28.2 Å². The molecule has 0 bridgehead atoms. The SMILES string of the molecule is CN(CC(=O)N1CCCC1)c1ccc(Br)cc1C(=O)O. The van der Waals surface area contributed by atoms with Gasteiger partial charge in [0.05, 0.1) is 17.8 Å². The molecule has 1 N–H and O–H groups in total. The van der Waals surface area contributed by atoms with E-state index in [1.54, 1.807) is 30.1 Å². The molecule has 6 heteroatoms. The zero-order chi connectivity index (χ0) is 14.7. The van der Waals surface area contributed by atoms with Crippen molar-refractivity contribution in [2.75, 3.05) is 31.6 Å². The Morgan fingerprint density at radius 1 is 1.35 bits per heavy atom. The van der Waals surface area contributed by atoms with Crippen LogP contribution in [0.5, 0.6) is 0 Å². The van der Waals surface area contributed by atoms with Crippen LogP contribution in [0.3, 0.4) is 0 Å². The predicted molar refractivity (Wildman–Crippen MR) is 80.2 cm³/mol. The number of carboxylic acid groups (broad SMARTS) is 1. The fourth-order valence-electron chi connectivity index (χ4n) is 2.37. The van der Waals surface area contributed by atoms with Gasteiger partial charge in [0.15, 0.2) is 0 Å². The minimum absolute atomic E-state index is 0.0456. The van der Waals surface area contributed by atoms with Gasteiger partial charge < -0.3 is 14.9 Å². The van der Waals surface area contributed by atoms with Crippen LogP contribution >= 0.6 is 15.9 Å². The van der Waals surface area contributed by atoms with E-state index < -0.39 is 5.97 Å². The van der Waals surface area contributed by atoms with Gasteiger partial charge in [-0.2, -0.15) is 0 Å². The average molecular weight is 341 g/mol. The Morgan fingerprint density at radius 3 is 2.60 bits per heavy atom. The third kappa shape index (κ3) is 3.30. The molecule has 0 saturated carbocycles. The third-order valence-corrected chi connectivity index (χ3v) is 3.92. The Hall–Kier alpha value is -1.56. The number of hydrogen-bond acceptors (Lipinski definition) is 3. The number of halogens is 1. The van der Waals surface area contributed by atoms with Gasteiger partial charge in [-0.15, -0.1) is 0 Å². The van der Waals surface area contributed by atoms with Crippen LogP contribution in [0, 0.1) is 0 Å². The molecular weight excluding hydrogens is 324 g/mol. The lowest BCUT2D eigenvalue weighted by atomic mass is 10.1. The van der Waals surface area contributed by atoms with Crippen molar-refractivity contribution in [3.63, 3.8) is 0 Å². The van der Waals surface area contributed by atoms with Gasteiger partial charge in [-0.3, -0.25) is 4.79 Å². The first kappa shape index (κ1) is 14.8. The Labute approximate surface area is 126 Å². The van der Waals surface area contributed by atoms with Gasteiger partial charge in [0.25, 0.3) is 0 Å². The van der Waals surface area contributed by atoms with E-state index in [9.17, 15) is 14.7 Å². The molecule has 108 valence electrons. The van der Waals surface area contributed by atoms with Crippen LogP contribution < -0.4 is 4.90 Å². The van der Waals surface area contributed by atoms with Gasteiger partial charge >= 0.3 is 5.97 Å². The third-order valence-electron chi connectivity index (χ3n) is 3.43. The van der Waals surface area contributed by atoms with E-state index in [-0.39, 0.29) is 18.0 Å². The van der Waals surface area contributed by atoms with Crippen LogP contribution in [-0.4, -0.2) is 48.6 Å². The number of hydrogen-bond donors (Lipinski definition) is 1. The number of amides is 1. The van der Waals surface area contributed by atoms with E-state index >= 15 is 0 Å². The molecule has 1 amide bonds. The highest BCUT2D eigenvalue weighted by Crippen LogP contribution is 2.24. The summed E-state index contributed by atoms with van der Waals surface area (Å²) in [6, 6.07) is 5.04. The molecule has 1 aromatic carbocycles. The molecule has 1 saturated heterocycles. The summed E-state index contributed by atoms with van der Waals surface area (Å²) in [6.07, 6.45) is 2.10. The number of anilines is 1. The van der Waals surface area contributed by atoms with Crippen molar-refractivity contribution >= 4 is 33.5 Å². The van der Waals surface area contributed by atoms with E-state index in [0.29, 0.717) is 10.2 Å². The second-order valence-corrected chi connectivity index (χ2v) is 5.83. The highest BCUT2D eigenvalue weighted by molar-refractivity contribution is 9.10. The fourth-order valence-corrected chi connectivity index (χ4v) is 2.73. The average Bonchev–Trinajstić information content (AvgIpc) is 2.92. The second kappa shape index (κ2) is 6.26. The number of carboxylic acids is 1. The first-order chi connectivity index (χ1) is 9.49. The molecule has 1 aliphatic heterocycles. The molecule has 1 heterocycles. The summed E-state index contributed by atoms with van der Waals surface area (Å²) < 4.78 is 0.706. The van der Waals surface area contributed by atoms with Gasteiger partial charge in [0.2, 0.25) is 5.91 Å². The molecule has 0 aliphatic carbocycles. The molecule has 5 nitrogen and oxygen atoms in total. The minimum Gasteiger partial charge on any atom is -0.478 e. The number of nitrogens with zero attached hydrogens (tertiary/aromatic N) is 2. The number of carbonyl (C=O) groups excluding carboxylic acids is 1. The number of carbonyl (C=O) groups is 2. The quantitative estimate of drug-likeness (QED) is 0.912. The van der Waals surface area contributed by atoms with E-state index in [0.717, 1.165) is 25.9 Å². The molecule has 0 atom stereocenters. The first-order valence-corrected chi connectivity index (χ1v) is 7.30. The molecular formula is C14H17BrN2O3. The van der Waals surface area contributed by atoms with Gasteiger partial charge in [-0.25, -0.2) is 4.79 Å². The summed E-state index contributed by atoms with van der Waals surface area (Å²) in [5, 5.41) is 9.24. The number of likely N-dealkylation sites (tertiary alicyclic amines) is 1. The van der Waals surface area contributed by atoms with Crippen molar-refractivity contribution < 1.29 is 14.7 Å². The Kier molecular flexibility index (Phi) is 4.65. The normalized spacial score (nSPS) is 14.4. The molecule has 0 radical (unpaired) electrons. The second-order valence-electron chi connectivity index (χ2n) is 4.91. The standard InChI is InChI=1S/C14H17BrN2O3/c1-16(9-13(18)17-6-2-3-7-17)12-5-4-10(15)8-11(12)14(19)20/h4-5,8H,2-3,6-7,9H2,1H3,(H,19,20). The van der Waals surface area contributed by atoms with E-state index in [4.69, 9.17) is 0 Å². The van der Waals surface area contributed by atoms with Gasteiger partial charge in [-0.05, 0) is 31.0 Å². The van der Waals surface area contributed by atoms with Gasteiger partial charge in [-0.1, -0.05) is 15.9 Å². The van der Waals surface area contributed by atoms with E-state index in [1.165, 1.54) is 0 Å². The Bertz CT molecular complexity index is 527. The monoisotopic (exact) mass is 340 g/mol. The Morgan fingerprint density at radius 2 is 2.00 bits per heavy atom. The molecule has 0 aromatic heterocycles. The number of aromatic carboxylic acids is 1. The van der Waals surface area contributed by atoms with Gasteiger partial charge in [0, 0.05) is 24.6 Å². The summed E-state index contributed by atoms with van der Waals surface area (Å²) in [4.78, 5) is 26.9. The molecule has 1 aromatic rings. The molecule has 1 fully saturated rings. The van der Waals surface area contributed by atoms with Crippen LogP contribution in [0.4, 0.5) is 5.69 Å². The predicted octanol–water partition coefficient (Wildman–Crippen LogP) is 2.21. The minimum atomic E-state index is -0.998. The van der Waals surface area contributed by atoms with Crippen molar-refractivity contribution in [1.29, 1.82) is 0 Å². The smallest absolute Gasteiger partial charge is 0.337 e. The molecule has 1 aliphatic rings. The lowest BCUT2D eigenvalue weighted by molar-refractivity contribution is -0.128. The van der Waals surface area contributed by atoms with Crippen LogP contribution in [0.1, 0.15) is 23.2 Å². The lowest BCUT2D eigenvalue weighted by Crippen LogP contribution is -2.37. The molecule has 20 heavy (non-hydrogen) atoms. The summed E-state index contributed by atoms with van der Waals surface area (Å²) in [7, 11) is 1.74.